The van der Waals surface area contributed by atoms with Crippen molar-refractivity contribution in [2.24, 2.45) is 0 Å². The van der Waals surface area contributed by atoms with Gasteiger partial charge in [0.1, 0.15) is 0 Å². The summed E-state index contributed by atoms with van der Waals surface area (Å²) in [5.74, 6) is -0.284. The molecule has 1 saturated carbocycles. The molecule has 0 radical (unpaired) electrons. The van der Waals surface area contributed by atoms with Crippen LogP contribution in [0.25, 0.3) is 0 Å². The average molecular weight is 316 g/mol. The van der Waals surface area contributed by atoms with Crippen LogP contribution in [0.15, 0.2) is 11.4 Å². The first-order valence-corrected chi connectivity index (χ1v) is 8.10. The first-order chi connectivity index (χ1) is 9.45. The zero-order valence-corrected chi connectivity index (χ0v) is 13.2. The molecule has 20 heavy (non-hydrogen) atoms. The maximum absolute atomic E-state index is 12.4. The molecule has 0 aromatic carbocycles. The molecule has 0 bridgehead atoms. The van der Waals surface area contributed by atoms with Gasteiger partial charge < -0.3 is 10.0 Å². The summed E-state index contributed by atoms with van der Waals surface area (Å²) in [6.07, 6.45) is 6.75. The van der Waals surface area contributed by atoms with E-state index in [1.165, 1.54) is 22.9 Å². The second kappa shape index (κ2) is 6.28. The molecule has 1 fully saturated rings. The van der Waals surface area contributed by atoms with E-state index in [0.29, 0.717) is 11.7 Å². The molecule has 110 valence electrons. The molecule has 1 aliphatic rings. The number of aliphatic hydroxyl groups is 1. The molecule has 0 saturated heterocycles. The van der Waals surface area contributed by atoms with Crippen molar-refractivity contribution in [3.63, 3.8) is 0 Å². The molecule has 5 nitrogen and oxygen atoms in total. The first kappa shape index (κ1) is 15.5. The Morgan fingerprint density at radius 1 is 1.55 bits per heavy atom. The van der Waals surface area contributed by atoms with Crippen LogP contribution in [0.1, 0.15) is 36.2 Å². The Balaban J connectivity index is 2.14. The smallest absolute Gasteiger partial charge is 0.274 e. The van der Waals surface area contributed by atoms with Gasteiger partial charge in [-0.05, 0) is 19.1 Å². The minimum atomic E-state index is -0.772. The topological polar surface area (TPSA) is 66.3 Å². The molecule has 1 heterocycles. The molecule has 1 aromatic rings. The lowest BCUT2D eigenvalue weighted by molar-refractivity contribution is 0.0154. The van der Waals surface area contributed by atoms with Crippen LogP contribution in [0, 0.1) is 0 Å². The molecule has 0 atom stereocenters. The van der Waals surface area contributed by atoms with Crippen molar-refractivity contribution in [3.05, 3.63) is 16.9 Å². The largest absolute Gasteiger partial charge is 0.388 e. The molecule has 1 aromatic heterocycles. The summed E-state index contributed by atoms with van der Waals surface area (Å²) < 4.78 is 0. The number of nitrogens with zero attached hydrogens (tertiary/aromatic N) is 3. The predicted molar refractivity (Wildman–Crippen MR) is 79.2 cm³/mol. The van der Waals surface area contributed by atoms with Crippen molar-refractivity contribution in [2.45, 2.75) is 36.4 Å². The lowest BCUT2D eigenvalue weighted by Crippen LogP contribution is -2.42. The number of aromatic nitrogens is 2. The van der Waals surface area contributed by atoms with Crippen LogP contribution in [-0.2, 0) is 0 Å². The molecule has 1 amide bonds. The van der Waals surface area contributed by atoms with Gasteiger partial charge in [0.2, 0.25) is 0 Å². The van der Waals surface area contributed by atoms with E-state index in [1.807, 2.05) is 6.26 Å². The summed E-state index contributed by atoms with van der Waals surface area (Å²) >= 11 is 7.35. The van der Waals surface area contributed by atoms with Crippen LogP contribution in [-0.4, -0.2) is 51.3 Å². The van der Waals surface area contributed by atoms with E-state index in [2.05, 4.69) is 9.97 Å². The van der Waals surface area contributed by atoms with Gasteiger partial charge in [0.25, 0.3) is 5.91 Å². The third-order valence-electron chi connectivity index (χ3n) is 3.52. The fourth-order valence-electron chi connectivity index (χ4n) is 2.48. The maximum atomic E-state index is 12.4. The van der Waals surface area contributed by atoms with Gasteiger partial charge in [-0.15, -0.1) is 0 Å². The predicted octanol–water partition coefficient (Wildman–Crippen LogP) is 2.23. The number of thioether (sulfide) groups is 1. The van der Waals surface area contributed by atoms with Gasteiger partial charge in [-0.1, -0.05) is 36.2 Å². The highest BCUT2D eigenvalue weighted by molar-refractivity contribution is 7.98. The van der Waals surface area contributed by atoms with Gasteiger partial charge in [-0.2, -0.15) is 0 Å². The number of likely N-dealkylation sites (N-methyl/N-ethyl adjacent to an activating group) is 1. The van der Waals surface area contributed by atoms with Crippen LogP contribution in [0.2, 0.25) is 5.02 Å². The average Bonchev–Trinajstić information content (AvgIpc) is 2.85. The van der Waals surface area contributed by atoms with E-state index in [-0.39, 0.29) is 16.6 Å². The molecule has 0 unspecified atom stereocenters. The number of amides is 1. The standard InChI is InChI=1S/C13H18ClN3O2S/c1-17(8-13(19)5-3-4-6-13)11(18)10-9(14)7-15-12(16-10)20-2/h7,19H,3-6,8H2,1-2H3. The number of hydrogen-bond acceptors (Lipinski definition) is 5. The lowest BCUT2D eigenvalue weighted by Gasteiger charge is -2.28. The Hall–Kier alpha value is -0.850. The third-order valence-corrected chi connectivity index (χ3v) is 4.36. The summed E-state index contributed by atoms with van der Waals surface area (Å²) in [4.78, 5) is 22.1. The Kier molecular flexibility index (Phi) is 4.88. The maximum Gasteiger partial charge on any atom is 0.274 e. The Labute approximate surface area is 127 Å². The van der Waals surface area contributed by atoms with Crippen LogP contribution in [0.4, 0.5) is 0 Å². The van der Waals surface area contributed by atoms with E-state index in [1.54, 1.807) is 7.05 Å². The second-order valence-electron chi connectivity index (χ2n) is 5.15. The van der Waals surface area contributed by atoms with Gasteiger partial charge >= 0.3 is 0 Å². The van der Waals surface area contributed by atoms with Crippen molar-refractivity contribution < 1.29 is 9.90 Å². The Bertz CT molecular complexity index is 506. The fraction of sp³-hybridized carbons (Fsp3) is 0.615. The quantitative estimate of drug-likeness (QED) is 0.682. The number of carbonyl (C=O) groups excluding carboxylic acids is 1. The third kappa shape index (κ3) is 3.42. The molecular weight excluding hydrogens is 298 g/mol. The fourth-order valence-corrected chi connectivity index (χ4v) is 3.00. The van der Waals surface area contributed by atoms with Crippen molar-refractivity contribution in [1.82, 2.24) is 14.9 Å². The van der Waals surface area contributed by atoms with Crippen LogP contribution in [0.3, 0.4) is 0 Å². The zero-order chi connectivity index (χ0) is 14.8. The molecule has 0 spiro atoms. The summed E-state index contributed by atoms with van der Waals surface area (Å²) in [6.45, 7) is 0.306. The minimum absolute atomic E-state index is 0.190. The van der Waals surface area contributed by atoms with Crippen molar-refractivity contribution in [2.75, 3.05) is 19.8 Å². The van der Waals surface area contributed by atoms with Crippen LogP contribution in [0.5, 0.6) is 0 Å². The SMILES string of the molecule is CSc1ncc(Cl)c(C(=O)N(C)CC2(O)CCCC2)n1. The van der Waals surface area contributed by atoms with Gasteiger partial charge in [0, 0.05) is 13.6 Å². The molecular formula is C13H18ClN3O2S. The summed E-state index contributed by atoms with van der Waals surface area (Å²) in [5, 5.41) is 11.1. The summed E-state index contributed by atoms with van der Waals surface area (Å²) in [6, 6.07) is 0. The van der Waals surface area contributed by atoms with Gasteiger partial charge in [0.15, 0.2) is 10.9 Å². The van der Waals surface area contributed by atoms with E-state index >= 15 is 0 Å². The highest BCUT2D eigenvalue weighted by Crippen LogP contribution is 2.30. The molecule has 1 aliphatic carbocycles. The van der Waals surface area contributed by atoms with Crippen LogP contribution < -0.4 is 0 Å². The van der Waals surface area contributed by atoms with E-state index in [0.717, 1.165) is 25.7 Å². The lowest BCUT2D eigenvalue weighted by atomic mass is 10.0. The van der Waals surface area contributed by atoms with Gasteiger partial charge in [0.05, 0.1) is 16.8 Å². The number of rotatable bonds is 4. The van der Waals surface area contributed by atoms with Crippen molar-refractivity contribution >= 4 is 29.3 Å². The van der Waals surface area contributed by atoms with Crippen molar-refractivity contribution in [1.29, 1.82) is 0 Å². The van der Waals surface area contributed by atoms with Crippen LogP contribution >= 0.6 is 23.4 Å². The van der Waals surface area contributed by atoms with Gasteiger partial charge in [-0.3, -0.25) is 4.79 Å². The normalized spacial score (nSPS) is 17.2. The van der Waals surface area contributed by atoms with Crippen molar-refractivity contribution in [3.8, 4) is 0 Å². The molecule has 7 heteroatoms. The Morgan fingerprint density at radius 2 is 2.20 bits per heavy atom. The van der Waals surface area contributed by atoms with Gasteiger partial charge in [-0.25, -0.2) is 9.97 Å². The van der Waals surface area contributed by atoms with E-state index in [9.17, 15) is 9.90 Å². The first-order valence-electron chi connectivity index (χ1n) is 6.49. The Morgan fingerprint density at radius 3 is 2.80 bits per heavy atom. The highest BCUT2D eigenvalue weighted by Gasteiger charge is 2.34. The van der Waals surface area contributed by atoms with E-state index in [4.69, 9.17) is 11.6 Å². The summed E-state index contributed by atoms with van der Waals surface area (Å²) in [7, 11) is 1.66. The number of halogens is 1. The molecule has 0 aliphatic heterocycles. The molecule has 2 rings (SSSR count). The summed E-state index contributed by atoms with van der Waals surface area (Å²) in [5.41, 5.74) is -0.582. The highest BCUT2D eigenvalue weighted by atomic mass is 35.5. The molecule has 1 N–H and O–H groups in total. The second-order valence-corrected chi connectivity index (χ2v) is 6.33. The zero-order valence-electron chi connectivity index (χ0n) is 11.6. The van der Waals surface area contributed by atoms with E-state index < -0.39 is 5.60 Å². The monoisotopic (exact) mass is 315 g/mol. The number of hydrogen-bond donors (Lipinski definition) is 1. The minimum Gasteiger partial charge on any atom is -0.388 e. The number of carbonyl (C=O) groups is 1.